The molecular weight excluding hydrogens is 272 g/mol. The Balaban J connectivity index is 2.51. The summed E-state index contributed by atoms with van der Waals surface area (Å²) >= 11 is 0. The summed E-state index contributed by atoms with van der Waals surface area (Å²) in [6, 6.07) is 1.13. The number of carbonyl (C=O) groups excluding carboxylic acids is 1. The zero-order valence-electron chi connectivity index (χ0n) is 10.5. The van der Waals surface area contributed by atoms with Gasteiger partial charge < -0.3 is 9.72 Å². The van der Waals surface area contributed by atoms with Crippen LogP contribution in [0.25, 0.3) is 0 Å². The molecule has 0 aliphatic carbocycles. The Hall–Kier alpha value is -1.67. The lowest BCUT2D eigenvalue weighted by Crippen LogP contribution is -2.29. The van der Waals surface area contributed by atoms with Gasteiger partial charge in [0.2, 0.25) is 15.5 Å². The molecule has 7 nitrogen and oxygen atoms in total. The molecule has 1 heterocycles. The predicted molar refractivity (Wildman–Crippen MR) is 68.1 cm³/mol. The number of carbonyl (C=O) groups is 1. The maximum atomic E-state index is 11.8. The van der Waals surface area contributed by atoms with Crippen molar-refractivity contribution in [2.75, 3.05) is 13.2 Å². The molecule has 0 saturated heterocycles. The zero-order valence-corrected chi connectivity index (χ0v) is 11.3. The van der Waals surface area contributed by atoms with E-state index < -0.39 is 15.5 Å². The Morgan fingerprint density at radius 2 is 2.21 bits per heavy atom. The molecule has 106 valence electrons. The zero-order chi connectivity index (χ0) is 14.3. The van der Waals surface area contributed by atoms with E-state index in [0.717, 1.165) is 12.3 Å². The summed E-state index contributed by atoms with van der Waals surface area (Å²) < 4.78 is 30.5. The van der Waals surface area contributed by atoms with Gasteiger partial charge in [-0.3, -0.25) is 9.59 Å². The fraction of sp³-hybridized carbons (Fsp3) is 0.455. The number of sulfonamides is 1. The number of aromatic amines is 1. The van der Waals surface area contributed by atoms with Crippen molar-refractivity contribution >= 4 is 16.0 Å². The first-order valence-corrected chi connectivity index (χ1v) is 7.28. The normalized spacial score (nSPS) is 11.2. The van der Waals surface area contributed by atoms with Gasteiger partial charge >= 0.3 is 5.97 Å². The van der Waals surface area contributed by atoms with E-state index in [9.17, 15) is 18.0 Å². The Kier molecular flexibility index (Phi) is 5.71. The van der Waals surface area contributed by atoms with Gasteiger partial charge in [0.1, 0.15) is 4.90 Å². The van der Waals surface area contributed by atoms with Gasteiger partial charge in [0.25, 0.3) is 0 Å². The Morgan fingerprint density at radius 1 is 1.47 bits per heavy atom. The van der Waals surface area contributed by atoms with Crippen molar-refractivity contribution in [3.63, 3.8) is 0 Å². The van der Waals surface area contributed by atoms with Gasteiger partial charge in [0, 0.05) is 31.4 Å². The first-order valence-electron chi connectivity index (χ1n) is 5.79. The standard InChI is InChI=1S/C11H16N2O5S/c1-2-18-11(15)4-3-6-13-19(16,17)10-8-12-7-5-9(10)14/h5,7-8,13H,2-4,6H2,1H3,(H,12,14). The van der Waals surface area contributed by atoms with Crippen LogP contribution in [0.15, 0.2) is 28.2 Å². The second-order valence-corrected chi connectivity index (χ2v) is 5.41. The highest BCUT2D eigenvalue weighted by molar-refractivity contribution is 7.89. The van der Waals surface area contributed by atoms with Crippen molar-refractivity contribution in [3.8, 4) is 0 Å². The number of pyridine rings is 1. The molecule has 19 heavy (non-hydrogen) atoms. The number of H-pyrrole nitrogens is 1. The maximum absolute atomic E-state index is 11.8. The minimum Gasteiger partial charge on any atom is -0.466 e. The molecule has 1 rings (SSSR count). The molecule has 2 N–H and O–H groups in total. The average molecular weight is 288 g/mol. The molecule has 1 aromatic heterocycles. The van der Waals surface area contributed by atoms with Crippen LogP contribution >= 0.6 is 0 Å². The van der Waals surface area contributed by atoms with Gasteiger partial charge in [-0.2, -0.15) is 0 Å². The number of nitrogens with one attached hydrogen (secondary N) is 2. The van der Waals surface area contributed by atoms with Gasteiger partial charge in [-0.15, -0.1) is 0 Å². The van der Waals surface area contributed by atoms with Crippen molar-refractivity contribution in [2.45, 2.75) is 24.7 Å². The highest BCUT2D eigenvalue weighted by Crippen LogP contribution is 2.00. The molecule has 0 saturated carbocycles. The van der Waals surface area contributed by atoms with Crippen molar-refractivity contribution in [1.29, 1.82) is 0 Å². The largest absolute Gasteiger partial charge is 0.466 e. The van der Waals surface area contributed by atoms with E-state index in [2.05, 4.69) is 9.71 Å². The molecule has 0 fully saturated rings. The summed E-state index contributed by atoms with van der Waals surface area (Å²) in [5.41, 5.74) is -0.586. The van der Waals surface area contributed by atoms with E-state index >= 15 is 0 Å². The molecule has 0 radical (unpaired) electrons. The number of ether oxygens (including phenoxy) is 1. The summed E-state index contributed by atoms with van der Waals surface area (Å²) in [4.78, 5) is 24.6. The highest BCUT2D eigenvalue weighted by Gasteiger charge is 2.16. The smallest absolute Gasteiger partial charge is 0.305 e. The van der Waals surface area contributed by atoms with Gasteiger partial charge in [0.05, 0.1) is 6.61 Å². The predicted octanol–water partition coefficient (Wildman–Crippen LogP) is -0.00350. The molecular formula is C11H16N2O5S. The fourth-order valence-electron chi connectivity index (χ4n) is 1.36. The molecule has 0 atom stereocenters. The second kappa shape index (κ2) is 7.05. The monoisotopic (exact) mass is 288 g/mol. The summed E-state index contributed by atoms with van der Waals surface area (Å²) in [5.74, 6) is -0.376. The van der Waals surface area contributed by atoms with Gasteiger partial charge in [0.15, 0.2) is 0 Å². The van der Waals surface area contributed by atoms with Gasteiger partial charge in [-0.25, -0.2) is 13.1 Å². The summed E-state index contributed by atoms with van der Waals surface area (Å²) in [6.45, 7) is 2.06. The number of hydrogen-bond acceptors (Lipinski definition) is 5. The molecule has 0 amide bonds. The quantitative estimate of drug-likeness (QED) is 0.542. The highest BCUT2D eigenvalue weighted by atomic mass is 32.2. The molecule has 1 aromatic rings. The molecule has 0 bridgehead atoms. The minimum atomic E-state index is -3.85. The van der Waals surface area contributed by atoms with E-state index in [1.807, 2.05) is 0 Å². The molecule has 0 unspecified atom stereocenters. The number of aromatic nitrogens is 1. The van der Waals surface area contributed by atoms with E-state index in [1.165, 1.54) is 6.20 Å². The summed E-state index contributed by atoms with van der Waals surface area (Å²) in [5, 5.41) is 0. The first kappa shape index (κ1) is 15.4. The van der Waals surface area contributed by atoms with Crippen LogP contribution in [0.2, 0.25) is 0 Å². The Morgan fingerprint density at radius 3 is 2.84 bits per heavy atom. The lowest BCUT2D eigenvalue weighted by molar-refractivity contribution is -0.143. The summed E-state index contributed by atoms with van der Waals surface area (Å²) in [7, 11) is -3.85. The summed E-state index contributed by atoms with van der Waals surface area (Å²) in [6.07, 6.45) is 2.91. The third-order valence-electron chi connectivity index (χ3n) is 2.23. The lowest BCUT2D eigenvalue weighted by Gasteiger charge is -2.05. The van der Waals surface area contributed by atoms with Crippen molar-refractivity contribution in [1.82, 2.24) is 9.71 Å². The van der Waals surface area contributed by atoms with Crippen molar-refractivity contribution in [2.24, 2.45) is 0 Å². The van der Waals surface area contributed by atoms with Crippen LogP contribution in [0.1, 0.15) is 19.8 Å². The van der Waals surface area contributed by atoms with Crippen molar-refractivity contribution in [3.05, 3.63) is 28.7 Å². The minimum absolute atomic E-state index is 0.0650. The Labute approximate surface area is 111 Å². The van der Waals surface area contributed by atoms with E-state index in [-0.39, 0.29) is 23.8 Å². The third kappa shape index (κ3) is 4.84. The van der Waals surface area contributed by atoms with Crippen LogP contribution in [-0.4, -0.2) is 32.5 Å². The first-order chi connectivity index (χ1) is 8.97. The van der Waals surface area contributed by atoms with Crippen LogP contribution < -0.4 is 10.2 Å². The number of rotatable bonds is 7. The van der Waals surface area contributed by atoms with E-state index in [4.69, 9.17) is 4.74 Å². The maximum Gasteiger partial charge on any atom is 0.305 e. The van der Waals surface area contributed by atoms with E-state index in [0.29, 0.717) is 13.0 Å². The third-order valence-corrected chi connectivity index (χ3v) is 3.72. The van der Waals surface area contributed by atoms with Gasteiger partial charge in [-0.05, 0) is 13.3 Å². The van der Waals surface area contributed by atoms with Crippen LogP contribution in [-0.2, 0) is 19.6 Å². The van der Waals surface area contributed by atoms with Crippen LogP contribution in [0, 0.1) is 0 Å². The topological polar surface area (TPSA) is 105 Å². The van der Waals surface area contributed by atoms with E-state index in [1.54, 1.807) is 6.92 Å². The molecule has 8 heteroatoms. The SMILES string of the molecule is CCOC(=O)CCCNS(=O)(=O)c1c[nH]ccc1=O. The Bertz CT molecular complexity index is 579. The number of hydrogen-bond donors (Lipinski definition) is 2. The average Bonchev–Trinajstić information content (AvgIpc) is 2.35. The number of esters is 1. The molecule has 0 spiro atoms. The van der Waals surface area contributed by atoms with Crippen LogP contribution in [0.5, 0.6) is 0 Å². The molecule has 0 aliphatic heterocycles. The van der Waals surface area contributed by atoms with Crippen LogP contribution in [0.3, 0.4) is 0 Å². The van der Waals surface area contributed by atoms with Crippen LogP contribution in [0.4, 0.5) is 0 Å². The second-order valence-electron chi connectivity index (χ2n) is 3.68. The van der Waals surface area contributed by atoms with Gasteiger partial charge in [-0.1, -0.05) is 0 Å². The lowest BCUT2D eigenvalue weighted by atomic mass is 10.3. The fourth-order valence-corrected chi connectivity index (χ4v) is 2.49. The molecule has 0 aromatic carbocycles. The molecule has 0 aliphatic rings. The van der Waals surface area contributed by atoms with Crippen molar-refractivity contribution < 1.29 is 17.9 Å².